The van der Waals surface area contributed by atoms with Gasteiger partial charge in [0.2, 0.25) is 0 Å². The van der Waals surface area contributed by atoms with Gasteiger partial charge in [-0.1, -0.05) is 40.9 Å². The molecule has 0 aliphatic rings. The van der Waals surface area contributed by atoms with E-state index in [1.165, 1.54) is 11.1 Å². The lowest BCUT2D eigenvalue weighted by atomic mass is 10.0. The molecular weight excluding hydrogens is 272 g/mol. The van der Waals surface area contributed by atoms with Crippen LogP contribution in [0.2, 0.25) is 5.02 Å². The monoisotopic (exact) mass is 288 g/mol. The Morgan fingerprint density at radius 2 is 1.65 bits per heavy atom. The second-order valence-corrected chi connectivity index (χ2v) is 5.39. The maximum Gasteiger partial charge on any atom is 0.174 e. The molecule has 0 aliphatic carbocycles. The van der Waals surface area contributed by atoms with Gasteiger partial charge in [-0.15, -0.1) is 0 Å². The van der Waals surface area contributed by atoms with Gasteiger partial charge in [0.25, 0.3) is 0 Å². The van der Waals surface area contributed by atoms with E-state index >= 15 is 0 Å². The fourth-order valence-corrected chi connectivity index (χ4v) is 2.27. The Hall–Kier alpha value is -1.80. The molecule has 2 nitrogen and oxygen atoms in total. The van der Waals surface area contributed by atoms with Gasteiger partial charge in [-0.05, 0) is 43.7 Å². The van der Waals surface area contributed by atoms with Crippen LogP contribution in [-0.2, 0) is 11.2 Å². The van der Waals surface area contributed by atoms with Crippen LogP contribution in [0.15, 0.2) is 42.5 Å². The molecule has 3 heteroatoms. The molecular formula is C17H17ClO2. The molecule has 2 aromatic carbocycles. The van der Waals surface area contributed by atoms with E-state index in [1.807, 2.05) is 26.0 Å². The van der Waals surface area contributed by atoms with Crippen molar-refractivity contribution in [1.29, 1.82) is 0 Å². The van der Waals surface area contributed by atoms with Crippen molar-refractivity contribution in [3.8, 4) is 5.75 Å². The van der Waals surface area contributed by atoms with Crippen LogP contribution in [0.25, 0.3) is 0 Å². The molecule has 104 valence electrons. The number of hydrogen-bond acceptors (Lipinski definition) is 2. The van der Waals surface area contributed by atoms with Gasteiger partial charge in [0.15, 0.2) is 5.78 Å². The zero-order chi connectivity index (χ0) is 14.5. The van der Waals surface area contributed by atoms with E-state index < -0.39 is 0 Å². The molecule has 2 rings (SSSR count). The Morgan fingerprint density at radius 3 is 2.25 bits per heavy atom. The third kappa shape index (κ3) is 4.39. The van der Waals surface area contributed by atoms with Gasteiger partial charge in [-0.2, -0.15) is 0 Å². The van der Waals surface area contributed by atoms with Crippen LogP contribution in [0.5, 0.6) is 5.75 Å². The van der Waals surface area contributed by atoms with Crippen LogP contribution in [0.3, 0.4) is 0 Å². The van der Waals surface area contributed by atoms with E-state index in [1.54, 1.807) is 24.3 Å². The van der Waals surface area contributed by atoms with Gasteiger partial charge in [-0.3, -0.25) is 4.79 Å². The van der Waals surface area contributed by atoms with Crippen LogP contribution in [0, 0.1) is 13.8 Å². The van der Waals surface area contributed by atoms with E-state index in [0.29, 0.717) is 17.2 Å². The summed E-state index contributed by atoms with van der Waals surface area (Å²) in [7, 11) is 0. The third-order valence-corrected chi connectivity index (χ3v) is 3.15. The van der Waals surface area contributed by atoms with Crippen LogP contribution in [0.1, 0.15) is 16.7 Å². The van der Waals surface area contributed by atoms with Gasteiger partial charge in [-0.25, -0.2) is 0 Å². The lowest BCUT2D eigenvalue weighted by molar-refractivity contribution is -0.120. The number of halogens is 1. The van der Waals surface area contributed by atoms with Crippen LogP contribution < -0.4 is 4.74 Å². The molecule has 0 atom stereocenters. The van der Waals surface area contributed by atoms with E-state index in [4.69, 9.17) is 16.3 Å². The number of carbonyl (C=O) groups excluding carboxylic acids is 1. The van der Waals surface area contributed by atoms with Crippen LogP contribution in [-0.4, -0.2) is 12.4 Å². The average molecular weight is 289 g/mol. The molecule has 0 amide bonds. The summed E-state index contributed by atoms with van der Waals surface area (Å²) in [5, 5.41) is 0.652. The Balaban J connectivity index is 1.90. The number of benzene rings is 2. The zero-order valence-corrected chi connectivity index (χ0v) is 12.4. The van der Waals surface area contributed by atoms with Crippen molar-refractivity contribution >= 4 is 17.4 Å². The molecule has 2 aromatic rings. The van der Waals surface area contributed by atoms with Crippen LogP contribution >= 0.6 is 11.6 Å². The Morgan fingerprint density at radius 1 is 1.05 bits per heavy atom. The third-order valence-electron chi connectivity index (χ3n) is 2.90. The first-order chi connectivity index (χ1) is 9.52. The minimum absolute atomic E-state index is 0.0601. The molecule has 0 N–H and O–H groups in total. The van der Waals surface area contributed by atoms with Crippen molar-refractivity contribution in [2.75, 3.05) is 6.61 Å². The van der Waals surface area contributed by atoms with Crippen molar-refractivity contribution < 1.29 is 9.53 Å². The Kier molecular flexibility index (Phi) is 4.80. The summed E-state index contributed by atoms with van der Waals surface area (Å²) < 4.78 is 5.45. The fourth-order valence-electron chi connectivity index (χ4n) is 2.14. The van der Waals surface area contributed by atoms with E-state index in [0.717, 1.165) is 5.56 Å². The molecule has 0 aliphatic heterocycles. The summed E-state index contributed by atoms with van der Waals surface area (Å²) in [5.74, 6) is 0.716. The summed E-state index contributed by atoms with van der Waals surface area (Å²) >= 11 is 5.79. The lowest BCUT2D eigenvalue weighted by Crippen LogP contribution is -2.14. The molecule has 0 saturated heterocycles. The fraction of sp³-hybridized carbons (Fsp3) is 0.235. The number of hydrogen-bond donors (Lipinski definition) is 0. The topological polar surface area (TPSA) is 26.3 Å². The van der Waals surface area contributed by atoms with Gasteiger partial charge in [0, 0.05) is 11.4 Å². The normalized spacial score (nSPS) is 10.3. The molecule has 0 fully saturated rings. The number of carbonyl (C=O) groups is 1. The van der Waals surface area contributed by atoms with Crippen molar-refractivity contribution in [3.05, 3.63) is 64.2 Å². The molecule has 0 radical (unpaired) electrons. The predicted molar refractivity (Wildman–Crippen MR) is 81.6 cm³/mol. The first-order valence-electron chi connectivity index (χ1n) is 6.50. The highest BCUT2D eigenvalue weighted by molar-refractivity contribution is 6.30. The molecule has 0 aromatic heterocycles. The second-order valence-electron chi connectivity index (χ2n) is 4.95. The summed E-state index contributed by atoms with van der Waals surface area (Å²) in [4.78, 5) is 11.9. The smallest absolute Gasteiger partial charge is 0.174 e. The van der Waals surface area contributed by atoms with Gasteiger partial charge in [0.1, 0.15) is 12.4 Å². The molecule has 0 spiro atoms. The first kappa shape index (κ1) is 14.6. The summed E-state index contributed by atoms with van der Waals surface area (Å²) in [6.07, 6.45) is 0.399. The van der Waals surface area contributed by atoms with Crippen LogP contribution in [0.4, 0.5) is 0 Å². The van der Waals surface area contributed by atoms with Crippen molar-refractivity contribution in [2.24, 2.45) is 0 Å². The van der Waals surface area contributed by atoms with Crippen molar-refractivity contribution in [2.45, 2.75) is 20.3 Å². The predicted octanol–water partition coefficient (Wildman–Crippen LogP) is 4.15. The summed E-state index contributed by atoms with van der Waals surface area (Å²) in [5.41, 5.74) is 3.38. The summed E-state index contributed by atoms with van der Waals surface area (Å²) in [6.45, 7) is 4.14. The molecule has 0 bridgehead atoms. The molecule has 0 unspecified atom stereocenters. The van der Waals surface area contributed by atoms with Crippen molar-refractivity contribution in [3.63, 3.8) is 0 Å². The molecule has 0 saturated carbocycles. The minimum Gasteiger partial charge on any atom is -0.486 e. The molecule has 0 heterocycles. The second kappa shape index (κ2) is 6.58. The molecule has 20 heavy (non-hydrogen) atoms. The first-order valence-corrected chi connectivity index (χ1v) is 6.88. The minimum atomic E-state index is 0.0601. The quantitative estimate of drug-likeness (QED) is 0.826. The lowest BCUT2D eigenvalue weighted by Gasteiger charge is -2.07. The Bertz CT molecular complexity index is 583. The number of aryl methyl sites for hydroxylation is 2. The van der Waals surface area contributed by atoms with Gasteiger partial charge >= 0.3 is 0 Å². The maximum atomic E-state index is 11.9. The zero-order valence-electron chi connectivity index (χ0n) is 11.7. The largest absolute Gasteiger partial charge is 0.486 e. The Labute approximate surface area is 124 Å². The maximum absolute atomic E-state index is 11.9. The van der Waals surface area contributed by atoms with E-state index in [9.17, 15) is 4.79 Å². The number of ether oxygens (including phenoxy) is 1. The van der Waals surface area contributed by atoms with Gasteiger partial charge in [0.05, 0.1) is 0 Å². The highest BCUT2D eigenvalue weighted by Crippen LogP contribution is 2.16. The standard InChI is InChI=1S/C17H17ClO2/c1-12-7-13(2)9-14(8-12)10-16(19)11-20-17-5-3-15(18)4-6-17/h3-9H,10-11H2,1-2H3. The highest BCUT2D eigenvalue weighted by Gasteiger charge is 2.06. The highest BCUT2D eigenvalue weighted by atomic mass is 35.5. The average Bonchev–Trinajstić information content (AvgIpc) is 2.37. The SMILES string of the molecule is Cc1cc(C)cc(CC(=O)COc2ccc(Cl)cc2)c1. The number of ketones is 1. The van der Waals surface area contributed by atoms with Gasteiger partial charge < -0.3 is 4.74 Å². The van der Waals surface area contributed by atoms with E-state index in [2.05, 4.69) is 6.07 Å². The van der Waals surface area contributed by atoms with E-state index in [-0.39, 0.29) is 12.4 Å². The number of rotatable bonds is 5. The summed E-state index contributed by atoms with van der Waals surface area (Å²) in [6, 6.07) is 13.2. The number of Topliss-reactive ketones (excluding diaryl/α,β-unsaturated/α-hetero) is 1. The van der Waals surface area contributed by atoms with Crippen molar-refractivity contribution in [1.82, 2.24) is 0 Å².